The quantitative estimate of drug-likeness (QED) is 0.508. The van der Waals surface area contributed by atoms with Crippen LogP contribution in [0.4, 0.5) is 17.2 Å². The summed E-state index contributed by atoms with van der Waals surface area (Å²) in [5, 5.41) is 15.1. The minimum absolute atomic E-state index is 0.223. The summed E-state index contributed by atoms with van der Waals surface area (Å²) < 4.78 is 0. The molecule has 0 unspecified atom stereocenters. The normalized spacial score (nSPS) is 13.0. The zero-order valence-electron chi connectivity index (χ0n) is 21.2. The molecule has 0 bridgehead atoms. The number of anilines is 3. The van der Waals surface area contributed by atoms with Gasteiger partial charge in [0, 0.05) is 18.7 Å². The van der Waals surface area contributed by atoms with Crippen LogP contribution in [-0.2, 0) is 5.41 Å². The maximum Gasteiger partial charge on any atom is 0.257 e. The van der Waals surface area contributed by atoms with Gasteiger partial charge in [-0.25, -0.2) is 4.98 Å². The van der Waals surface area contributed by atoms with Gasteiger partial charge in [0.25, 0.3) is 11.8 Å². The molecule has 8 heteroatoms. The van der Waals surface area contributed by atoms with Crippen molar-refractivity contribution in [1.29, 1.82) is 5.26 Å². The molecule has 1 fully saturated rings. The highest BCUT2D eigenvalue weighted by molar-refractivity contribution is 6.07. The maximum atomic E-state index is 13.0. The third kappa shape index (κ3) is 5.69. The second kappa shape index (κ2) is 9.78. The molecule has 1 aromatic carbocycles. The van der Waals surface area contributed by atoms with Gasteiger partial charge in [0.05, 0.1) is 46.7 Å². The van der Waals surface area contributed by atoms with E-state index in [4.69, 9.17) is 0 Å². The second-order valence-corrected chi connectivity index (χ2v) is 10.2. The van der Waals surface area contributed by atoms with Crippen LogP contribution in [-0.4, -0.2) is 34.9 Å². The number of hydrogen-bond donors (Lipinski definition) is 2. The van der Waals surface area contributed by atoms with E-state index in [-0.39, 0.29) is 17.2 Å². The molecule has 8 nitrogen and oxygen atoms in total. The highest BCUT2D eigenvalue weighted by Crippen LogP contribution is 2.29. The van der Waals surface area contributed by atoms with Gasteiger partial charge in [0.15, 0.2) is 0 Å². The summed E-state index contributed by atoms with van der Waals surface area (Å²) >= 11 is 0. The molecule has 2 heterocycles. The van der Waals surface area contributed by atoms with E-state index in [0.29, 0.717) is 39.8 Å². The smallest absolute Gasteiger partial charge is 0.257 e. The van der Waals surface area contributed by atoms with Crippen molar-refractivity contribution in [2.45, 2.75) is 52.0 Å². The predicted octanol–water partition coefficient (Wildman–Crippen LogP) is 5.06. The Morgan fingerprint density at radius 1 is 1.00 bits per heavy atom. The van der Waals surface area contributed by atoms with Gasteiger partial charge in [-0.05, 0) is 67.1 Å². The first-order chi connectivity index (χ1) is 17.0. The first-order valence-electron chi connectivity index (χ1n) is 11.9. The van der Waals surface area contributed by atoms with Gasteiger partial charge >= 0.3 is 0 Å². The number of amides is 2. The number of rotatable bonds is 6. The average molecular weight is 483 g/mol. The van der Waals surface area contributed by atoms with E-state index in [1.165, 1.54) is 19.0 Å². The lowest BCUT2D eigenvalue weighted by molar-refractivity contribution is 0.101. The molecule has 184 valence electrons. The zero-order chi connectivity index (χ0) is 26.0. The van der Waals surface area contributed by atoms with Gasteiger partial charge in [-0.3, -0.25) is 14.6 Å². The SMILES string of the molecule is Cc1ncc(NC(=O)c2cc(C#N)cc(C(C)(C)C)c2)cc1C(=O)Nc1ccc(N(C)C2CC2)nc1. The summed E-state index contributed by atoms with van der Waals surface area (Å²) in [6, 6.07) is 13.1. The highest BCUT2D eigenvalue weighted by atomic mass is 16.2. The first kappa shape index (κ1) is 24.9. The number of nitrogens with zero attached hydrogens (tertiary/aromatic N) is 4. The average Bonchev–Trinajstić information content (AvgIpc) is 3.70. The summed E-state index contributed by atoms with van der Waals surface area (Å²) in [5.41, 5.74) is 3.28. The molecule has 2 amide bonds. The maximum absolute atomic E-state index is 13.0. The molecule has 1 aliphatic carbocycles. The number of pyridine rings is 2. The zero-order valence-corrected chi connectivity index (χ0v) is 21.2. The molecule has 1 aliphatic rings. The standard InChI is InChI=1S/C28H30N6O2/c1-17-24(27(36)32-21-6-9-25(31-15-21)34(5)23-7-8-23)13-22(16-30-17)33-26(35)19-10-18(14-29)11-20(12-19)28(2,3)4/h6,9-13,15-16,23H,7-8H2,1-5H3,(H,32,36)(H,33,35). The summed E-state index contributed by atoms with van der Waals surface area (Å²) in [6.45, 7) is 7.80. The number of carbonyl (C=O) groups excluding carboxylic acids is 2. The molecule has 0 saturated heterocycles. The van der Waals surface area contributed by atoms with E-state index >= 15 is 0 Å². The second-order valence-electron chi connectivity index (χ2n) is 10.2. The molecule has 2 N–H and O–H groups in total. The fourth-order valence-electron chi connectivity index (χ4n) is 3.81. The van der Waals surface area contributed by atoms with Gasteiger partial charge in [0.1, 0.15) is 5.82 Å². The van der Waals surface area contributed by atoms with Gasteiger partial charge in [0.2, 0.25) is 0 Å². The monoisotopic (exact) mass is 482 g/mol. The third-order valence-corrected chi connectivity index (χ3v) is 6.24. The lowest BCUT2D eigenvalue weighted by Gasteiger charge is -2.20. The van der Waals surface area contributed by atoms with Crippen LogP contribution in [0.1, 0.15) is 71.1 Å². The Balaban J connectivity index is 1.50. The number of aryl methyl sites for hydroxylation is 1. The molecule has 0 aliphatic heterocycles. The van der Waals surface area contributed by atoms with Crippen LogP contribution in [0.5, 0.6) is 0 Å². The van der Waals surface area contributed by atoms with Crippen LogP contribution in [0.15, 0.2) is 48.8 Å². The van der Waals surface area contributed by atoms with E-state index in [9.17, 15) is 14.9 Å². The lowest BCUT2D eigenvalue weighted by atomic mass is 9.85. The molecule has 36 heavy (non-hydrogen) atoms. The summed E-state index contributed by atoms with van der Waals surface area (Å²) in [4.78, 5) is 36.9. The Kier molecular flexibility index (Phi) is 6.75. The van der Waals surface area contributed by atoms with Gasteiger partial charge in [-0.15, -0.1) is 0 Å². The summed E-state index contributed by atoms with van der Waals surface area (Å²) in [6.07, 6.45) is 5.50. The van der Waals surface area contributed by atoms with Crippen LogP contribution in [0, 0.1) is 18.3 Å². The molecule has 2 aromatic heterocycles. The summed E-state index contributed by atoms with van der Waals surface area (Å²) in [5.74, 6) is 0.144. The molecule has 3 aromatic rings. The largest absolute Gasteiger partial charge is 0.357 e. The molecule has 1 saturated carbocycles. The number of carbonyl (C=O) groups is 2. The Labute approximate surface area is 211 Å². The van der Waals surface area contributed by atoms with Crippen molar-refractivity contribution < 1.29 is 9.59 Å². The van der Waals surface area contributed by atoms with Crippen LogP contribution in [0.2, 0.25) is 0 Å². The van der Waals surface area contributed by atoms with E-state index in [2.05, 4.69) is 31.6 Å². The number of aromatic nitrogens is 2. The van der Waals surface area contributed by atoms with Crippen LogP contribution < -0.4 is 15.5 Å². The Morgan fingerprint density at radius 2 is 1.69 bits per heavy atom. The number of hydrogen-bond acceptors (Lipinski definition) is 6. The van der Waals surface area contributed by atoms with Gasteiger partial charge in [-0.2, -0.15) is 5.26 Å². The number of nitriles is 1. The van der Waals surface area contributed by atoms with Crippen molar-refractivity contribution in [2.24, 2.45) is 0 Å². The third-order valence-electron chi connectivity index (χ3n) is 6.24. The molecular weight excluding hydrogens is 452 g/mol. The van der Waals surface area contributed by atoms with Crippen molar-refractivity contribution in [3.8, 4) is 6.07 Å². The topological polar surface area (TPSA) is 111 Å². The Morgan fingerprint density at radius 3 is 2.31 bits per heavy atom. The van der Waals surface area contributed by atoms with Crippen molar-refractivity contribution in [3.63, 3.8) is 0 Å². The van der Waals surface area contributed by atoms with E-state index in [1.54, 1.807) is 37.4 Å². The molecule has 4 rings (SSSR count). The lowest BCUT2D eigenvalue weighted by Crippen LogP contribution is -2.21. The fourth-order valence-corrected chi connectivity index (χ4v) is 3.81. The van der Waals surface area contributed by atoms with Crippen molar-refractivity contribution >= 4 is 29.0 Å². The van der Waals surface area contributed by atoms with Crippen molar-refractivity contribution in [1.82, 2.24) is 9.97 Å². The predicted molar refractivity (Wildman–Crippen MR) is 140 cm³/mol. The van der Waals surface area contributed by atoms with Crippen molar-refractivity contribution in [3.05, 3.63) is 76.7 Å². The van der Waals surface area contributed by atoms with Crippen molar-refractivity contribution in [2.75, 3.05) is 22.6 Å². The summed E-state index contributed by atoms with van der Waals surface area (Å²) in [7, 11) is 2.02. The van der Waals surface area contributed by atoms with Crippen LogP contribution >= 0.6 is 0 Å². The fraction of sp³-hybridized carbons (Fsp3) is 0.321. The number of benzene rings is 1. The molecular formula is C28H30N6O2. The first-order valence-corrected chi connectivity index (χ1v) is 11.9. The number of nitrogens with one attached hydrogen (secondary N) is 2. The van der Waals surface area contributed by atoms with E-state index in [0.717, 1.165) is 11.4 Å². The van der Waals surface area contributed by atoms with Crippen LogP contribution in [0.25, 0.3) is 0 Å². The van der Waals surface area contributed by atoms with Gasteiger partial charge < -0.3 is 15.5 Å². The molecule has 0 radical (unpaired) electrons. The molecule has 0 atom stereocenters. The minimum atomic E-state index is -0.380. The van der Waals surface area contributed by atoms with Gasteiger partial charge in [-0.1, -0.05) is 20.8 Å². The minimum Gasteiger partial charge on any atom is -0.357 e. The van der Waals surface area contributed by atoms with E-state index in [1.807, 2.05) is 40.0 Å². The van der Waals surface area contributed by atoms with E-state index < -0.39 is 0 Å². The Bertz CT molecular complexity index is 1350. The Hall–Kier alpha value is -4.25. The van der Waals surface area contributed by atoms with Crippen LogP contribution in [0.3, 0.4) is 0 Å². The molecule has 0 spiro atoms. The highest BCUT2D eigenvalue weighted by Gasteiger charge is 2.27.